The zero-order chi connectivity index (χ0) is 18.5. The lowest BCUT2D eigenvalue weighted by atomic mass is 10.1. The van der Waals surface area contributed by atoms with Crippen molar-refractivity contribution >= 4 is 40.3 Å². The maximum Gasteiger partial charge on any atom is 0.288 e. The Labute approximate surface area is 152 Å². The molecular weight excluding hydrogens is 356 g/mol. The van der Waals surface area contributed by atoms with Gasteiger partial charge in [-0.15, -0.1) is 0 Å². The van der Waals surface area contributed by atoms with Gasteiger partial charge in [-0.3, -0.25) is 4.79 Å². The molecule has 7 heteroatoms. The molecule has 1 aromatic heterocycles. The summed E-state index contributed by atoms with van der Waals surface area (Å²) >= 11 is 0.427. The van der Waals surface area contributed by atoms with E-state index in [-0.39, 0.29) is 5.57 Å². The number of nitrogens with one attached hydrogen (secondary N) is 2. The first-order valence-electron chi connectivity index (χ1n) is 7.61. The smallest absolute Gasteiger partial charge is 0.288 e. The number of para-hydroxylation sites is 1. The van der Waals surface area contributed by atoms with Gasteiger partial charge in [0.15, 0.2) is 0 Å². The molecule has 0 atom stereocenters. The van der Waals surface area contributed by atoms with Crippen molar-refractivity contribution in [3.05, 3.63) is 65.9 Å². The summed E-state index contributed by atoms with van der Waals surface area (Å²) in [5.74, 6) is -3.06. The molecule has 0 fully saturated rings. The Morgan fingerprint density at radius 3 is 2.62 bits per heavy atom. The molecule has 3 aromatic rings. The summed E-state index contributed by atoms with van der Waals surface area (Å²) in [5.41, 5.74) is 2.01. The number of anilines is 1. The SMILES string of the molecule is N#C/C(=C/c1c[nH]c2ccccc12)C(=O)Nc1ccc(SC(F)F)cc1. The minimum Gasteiger partial charge on any atom is -0.361 e. The number of hydrogen-bond acceptors (Lipinski definition) is 3. The highest BCUT2D eigenvalue weighted by Crippen LogP contribution is 2.26. The molecule has 0 saturated carbocycles. The number of halogens is 2. The van der Waals surface area contributed by atoms with Crippen LogP contribution in [0.3, 0.4) is 0 Å². The first kappa shape index (κ1) is 17.7. The van der Waals surface area contributed by atoms with Crippen molar-refractivity contribution in [2.75, 3.05) is 5.32 Å². The Morgan fingerprint density at radius 2 is 1.92 bits per heavy atom. The molecule has 130 valence electrons. The third kappa shape index (κ3) is 4.10. The minimum absolute atomic E-state index is 0.0548. The van der Waals surface area contributed by atoms with E-state index in [0.717, 1.165) is 16.5 Å². The van der Waals surface area contributed by atoms with Gasteiger partial charge in [0.25, 0.3) is 11.7 Å². The highest BCUT2D eigenvalue weighted by Gasteiger charge is 2.12. The van der Waals surface area contributed by atoms with E-state index in [9.17, 15) is 18.8 Å². The topological polar surface area (TPSA) is 68.7 Å². The Morgan fingerprint density at radius 1 is 1.19 bits per heavy atom. The molecule has 0 aliphatic carbocycles. The molecule has 0 bridgehead atoms. The molecule has 0 radical (unpaired) electrons. The number of fused-ring (bicyclic) bond motifs is 1. The molecular formula is C19H13F2N3OS. The van der Waals surface area contributed by atoms with Crippen molar-refractivity contribution in [3.8, 4) is 6.07 Å². The normalized spacial score (nSPS) is 11.5. The second-order valence-corrected chi connectivity index (χ2v) is 6.38. The summed E-state index contributed by atoms with van der Waals surface area (Å²) < 4.78 is 24.6. The van der Waals surface area contributed by atoms with Gasteiger partial charge in [0, 0.05) is 33.2 Å². The van der Waals surface area contributed by atoms with E-state index in [0.29, 0.717) is 22.3 Å². The molecule has 0 spiro atoms. The standard InChI is InChI=1S/C19H13F2N3OS/c20-19(21)26-15-7-5-14(6-8-15)24-18(25)12(10-22)9-13-11-23-17-4-2-1-3-16(13)17/h1-9,11,19,23H,(H,24,25)/b12-9-. The van der Waals surface area contributed by atoms with Crippen molar-refractivity contribution in [1.82, 2.24) is 4.98 Å². The summed E-state index contributed by atoms with van der Waals surface area (Å²) in [4.78, 5) is 15.8. The number of thioether (sulfide) groups is 1. The number of alkyl halides is 2. The maximum absolute atomic E-state index is 12.3. The van der Waals surface area contributed by atoms with Crippen LogP contribution in [0.1, 0.15) is 5.56 Å². The molecule has 0 unspecified atom stereocenters. The van der Waals surface area contributed by atoms with Gasteiger partial charge >= 0.3 is 0 Å². The number of rotatable bonds is 5. The molecule has 0 aliphatic heterocycles. The van der Waals surface area contributed by atoms with Crippen LogP contribution in [0.15, 0.2) is 65.2 Å². The molecule has 2 aromatic carbocycles. The van der Waals surface area contributed by atoms with Gasteiger partial charge in [0.2, 0.25) is 0 Å². The number of nitrogens with zero attached hydrogens (tertiary/aromatic N) is 1. The third-order valence-electron chi connectivity index (χ3n) is 3.62. The summed E-state index contributed by atoms with van der Waals surface area (Å²) in [6.45, 7) is 0. The minimum atomic E-state index is -2.50. The summed E-state index contributed by atoms with van der Waals surface area (Å²) in [5, 5.41) is 12.8. The van der Waals surface area contributed by atoms with Gasteiger partial charge in [0.1, 0.15) is 11.6 Å². The first-order valence-corrected chi connectivity index (χ1v) is 8.49. The van der Waals surface area contributed by atoms with Crippen molar-refractivity contribution in [1.29, 1.82) is 5.26 Å². The van der Waals surface area contributed by atoms with Gasteiger partial charge in [-0.2, -0.15) is 14.0 Å². The molecule has 26 heavy (non-hydrogen) atoms. The summed E-state index contributed by atoms with van der Waals surface area (Å²) in [7, 11) is 0. The molecule has 0 aliphatic rings. The van der Waals surface area contributed by atoms with Crippen LogP contribution in [0.5, 0.6) is 0 Å². The van der Waals surface area contributed by atoms with E-state index >= 15 is 0 Å². The number of H-pyrrole nitrogens is 1. The lowest BCUT2D eigenvalue weighted by Crippen LogP contribution is -2.13. The summed E-state index contributed by atoms with van der Waals surface area (Å²) in [6, 6.07) is 15.5. The lowest BCUT2D eigenvalue weighted by molar-refractivity contribution is -0.112. The highest BCUT2D eigenvalue weighted by atomic mass is 32.2. The van der Waals surface area contributed by atoms with Crippen molar-refractivity contribution in [2.45, 2.75) is 10.7 Å². The van der Waals surface area contributed by atoms with Crippen molar-refractivity contribution in [2.24, 2.45) is 0 Å². The van der Waals surface area contributed by atoms with Gasteiger partial charge in [-0.1, -0.05) is 30.0 Å². The van der Waals surface area contributed by atoms with Crippen LogP contribution in [0.2, 0.25) is 0 Å². The number of aromatic amines is 1. The van der Waals surface area contributed by atoms with Crippen LogP contribution >= 0.6 is 11.8 Å². The van der Waals surface area contributed by atoms with Gasteiger partial charge < -0.3 is 10.3 Å². The molecule has 1 amide bonds. The molecule has 1 heterocycles. The molecule has 0 saturated heterocycles. The van der Waals surface area contributed by atoms with Gasteiger partial charge in [-0.05, 0) is 36.4 Å². The zero-order valence-electron chi connectivity index (χ0n) is 13.4. The predicted molar refractivity (Wildman–Crippen MR) is 98.8 cm³/mol. The monoisotopic (exact) mass is 369 g/mol. The second kappa shape index (κ2) is 7.85. The van der Waals surface area contributed by atoms with Crippen LogP contribution in [-0.4, -0.2) is 16.6 Å². The van der Waals surface area contributed by atoms with Crippen LogP contribution in [0.25, 0.3) is 17.0 Å². The molecule has 3 rings (SSSR count). The number of aromatic nitrogens is 1. The van der Waals surface area contributed by atoms with Gasteiger partial charge in [0.05, 0.1) is 0 Å². The van der Waals surface area contributed by atoms with E-state index in [2.05, 4.69) is 10.3 Å². The maximum atomic E-state index is 12.3. The number of carbonyl (C=O) groups excluding carboxylic acids is 1. The van der Waals surface area contributed by atoms with Crippen molar-refractivity contribution in [3.63, 3.8) is 0 Å². The zero-order valence-corrected chi connectivity index (χ0v) is 14.2. The fourth-order valence-electron chi connectivity index (χ4n) is 2.44. The Hall–Kier alpha value is -3.11. The van der Waals surface area contributed by atoms with Gasteiger partial charge in [-0.25, -0.2) is 0 Å². The largest absolute Gasteiger partial charge is 0.361 e. The number of amides is 1. The van der Waals surface area contributed by atoms with E-state index in [1.807, 2.05) is 30.3 Å². The average Bonchev–Trinajstić information content (AvgIpc) is 3.04. The fraction of sp³-hybridized carbons (Fsp3) is 0.0526. The second-order valence-electron chi connectivity index (χ2n) is 5.32. The number of carbonyl (C=O) groups is 1. The number of benzene rings is 2. The van der Waals surface area contributed by atoms with E-state index in [1.54, 1.807) is 6.20 Å². The van der Waals surface area contributed by atoms with Crippen LogP contribution in [0, 0.1) is 11.3 Å². The highest BCUT2D eigenvalue weighted by molar-refractivity contribution is 7.99. The van der Waals surface area contributed by atoms with Crippen molar-refractivity contribution < 1.29 is 13.6 Å². The number of hydrogen-bond donors (Lipinski definition) is 2. The van der Waals surface area contributed by atoms with Crippen LogP contribution < -0.4 is 5.32 Å². The molecule has 4 nitrogen and oxygen atoms in total. The molecule has 2 N–H and O–H groups in total. The van der Waals surface area contributed by atoms with E-state index in [4.69, 9.17) is 0 Å². The summed E-state index contributed by atoms with van der Waals surface area (Å²) in [6.07, 6.45) is 3.24. The fourth-order valence-corrected chi connectivity index (χ4v) is 2.93. The van der Waals surface area contributed by atoms with E-state index < -0.39 is 11.7 Å². The Kier molecular flexibility index (Phi) is 5.34. The number of nitriles is 1. The third-order valence-corrected chi connectivity index (χ3v) is 4.35. The van der Waals surface area contributed by atoms with Crippen LogP contribution in [-0.2, 0) is 4.79 Å². The van der Waals surface area contributed by atoms with Crippen LogP contribution in [0.4, 0.5) is 14.5 Å². The first-order chi connectivity index (χ1) is 12.6. The Balaban J connectivity index is 1.78. The quantitative estimate of drug-likeness (QED) is 0.377. The lowest BCUT2D eigenvalue weighted by Gasteiger charge is -2.05. The Bertz CT molecular complexity index is 1000. The predicted octanol–water partition coefficient (Wildman–Crippen LogP) is 5.03. The van der Waals surface area contributed by atoms with E-state index in [1.165, 1.54) is 30.3 Å². The average molecular weight is 369 g/mol.